The first-order chi connectivity index (χ1) is 7.74. The largest absolute Gasteiger partial charge is 0.501 e. The molecule has 0 N–H and O–H groups in total. The molecule has 98 valence electrons. The van der Waals surface area contributed by atoms with E-state index in [-0.39, 0.29) is 0 Å². The van der Waals surface area contributed by atoms with Gasteiger partial charge in [-0.25, -0.2) is 0 Å². The van der Waals surface area contributed by atoms with Gasteiger partial charge >= 0.3 is 8.80 Å². The minimum absolute atomic E-state index is 0.640. The molecule has 0 fully saturated rings. The molecule has 0 saturated carbocycles. The Bertz CT molecular complexity index is 138. The summed E-state index contributed by atoms with van der Waals surface area (Å²) < 4.78 is 22.5. The first-order valence-corrected chi connectivity index (χ1v) is 8.17. The van der Waals surface area contributed by atoms with E-state index in [4.69, 9.17) is 18.0 Å². The van der Waals surface area contributed by atoms with E-state index < -0.39 is 8.80 Å². The molecule has 0 aliphatic carbocycles. The molecule has 0 amide bonds. The van der Waals surface area contributed by atoms with E-state index in [9.17, 15) is 0 Å². The van der Waals surface area contributed by atoms with Crippen molar-refractivity contribution in [2.45, 2.75) is 40.2 Å². The molecular formula is C11H26O4Si. The zero-order valence-corrected chi connectivity index (χ0v) is 12.1. The second-order valence-corrected chi connectivity index (χ2v) is 6.01. The number of ether oxygens (including phenoxy) is 1. The van der Waals surface area contributed by atoms with Crippen molar-refractivity contribution in [3.63, 3.8) is 0 Å². The summed E-state index contributed by atoms with van der Waals surface area (Å²) in [6, 6.07) is 0.836. The lowest BCUT2D eigenvalue weighted by Crippen LogP contribution is -2.46. The van der Waals surface area contributed by atoms with Gasteiger partial charge in [0, 0.05) is 39.1 Å². The van der Waals surface area contributed by atoms with Crippen molar-refractivity contribution in [3.05, 3.63) is 0 Å². The zero-order chi connectivity index (χ0) is 12.3. The molecule has 0 radical (unpaired) electrons. The van der Waals surface area contributed by atoms with Gasteiger partial charge in [-0.15, -0.1) is 0 Å². The molecule has 0 aliphatic rings. The minimum Gasteiger partial charge on any atom is -0.382 e. The molecule has 0 aromatic carbocycles. The van der Waals surface area contributed by atoms with Crippen molar-refractivity contribution in [2.75, 3.05) is 33.0 Å². The highest BCUT2D eigenvalue weighted by atomic mass is 28.4. The summed E-state index contributed by atoms with van der Waals surface area (Å²) in [6.45, 7) is 11.3. The second kappa shape index (κ2) is 10.2. The van der Waals surface area contributed by atoms with E-state index in [2.05, 4.69) is 0 Å². The van der Waals surface area contributed by atoms with Crippen LogP contribution in [0.1, 0.15) is 34.1 Å². The minimum atomic E-state index is -2.43. The highest BCUT2D eigenvalue weighted by molar-refractivity contribution is 6.60. The third-order valence-corrected chi connectivity index (χ3v) is 5.22. The van der Waals surface area contributed by atoms with Crippen molar-refractivity contribution in [3.8, 4) is 0 Å². The van der Waals surface area contributed by atoms with Gasteiger partial charge in [0.25, 0.3) is 0 Å². The van der Waals surface area contributed by atoms with Crippen LogP contribution in [0.2, 0.25) is 6.04 Å². The maximum absolute atomic E-state index is 5.73. The van der Waals surface area contributed by atoms with Crippen molar-refractivity contribution >= 4 is 8.80 Å². The molecule has 0 rings (SSSR count). The van der Waals surface area contributed by atoms with Crippen molar-refractivity contribution < 1.29 is 18.0 Å². The number of hydrogen-bond acceptors (Lipinski definition) is 4. The van der Waals surface area contributed by atoms with Gasteiger partial charge in [0.15, 0.2) is 0 Å². The normalized spacial score (nSPS) is 12.0. The highest BCUT2D eigenvalue weighted by Gasteiger charge is 2.39. The highest BCUT2D eigenvalue weighted by Crippen LogP contribution is 2.18. The molecule has 4 nitrogen and oxygen atoms in total. The predicted molar refractivity (Wildman–Crippen MR) is 66.5 cm³/mol. The van der Waals surface area contributed by atoms with Gasteiger partial charge in [-0.05, 0) is 34.1 Å². The van der Waals surface area contributed by atoms with Crippen LogP contribution < -0.4 is 0 Å². The number of hydrogen-bond donors (Lipinski definition) is 0. The third kappa shape index (κ3) is 6.60. The van der Waals surface area contributed by atoms with Crippen molar-refractivity contribution in [1.29, 1.82) is 0 Å². The molecule has 0 unspecified atom stereocenters. The Hall–Kier alpha value is 0.0569. The standard InChI is InChI=1S/C11H26O4Si/c1-5-12-10-9-11-16(13-6-2,14-7-3)15-8-4/h5-11H2,1-4H3. The van der Waals surface area contributed by atoms with E-state index in [1.807, 2.05) is 27.7 Å². The van der Waals surface area contributed by atoms with Crippen LogP contribution in [0.3, 0.4) is 0 Å². The Morgan fingerprint density at radius 2 is 1.25 bits per heavy atom. The van der Waals surface area contributed by atoms with E-state index in [0.29, 0.717) is 19.8 Å². The van der Waals surface area contributed by atoms with Crippen molar-refractivity contribution in [1.82, 2.24) is 0 Å². The first-order valence-electron chi connectivity index (χ1n) is 6.24. The molecule has 0 aliphatic heterocycles. The van der Waals surface area contributed by atoms with E-state index >= 15 is 0 Å². The lowest BCUT2D eigenvalue weighted by Gasteiger charge is -2.28. The quantitative estimate of drug-likeness (QED) is 0.417. The Balaban J connectivity index is 4.12. The Morgan fingerprint density at radius 3 is 1.62 bits per heavy atom. The molecular weight excluding hydrogens is 224 g/mol. The molecule has 0 aromatic rings. The molecule has 0 atom stereocenters. The molecule has 0 aromatic heterocycles. The van der Waals surface area contributed by atoms with Crippen LogP contribution in [0.4, 0.5) is 0 Å². The summed E-state index contributed by atoms with van der Waals surface area (Å²) in [5.74, 6) is 0. The summed E-state index contributed by atoms with van der Waals surface area (Å²) in [4.78, 5) is 0. The van der Waals surface area contributed by atoms with Crippen LogP contribution in [0.5, 0.6) is 0 Å². The average Bonchev–Trinajstić information content (AvgIpc) is 2.26. The Morgan fingerprint density at radius 1 is 0.750 bits per heavy atom. The maximum Gasteiger partial charge on any atom is 0.501 e. The Labute approximate surface area is 101 Å². The summed E-state index contributed by atoms with van der Waals surface area (Å²) in [5.41, 5.74) is 0. The fraction of sp³-hybridized carbons (Fsp3) is 1.00. The van der Waals surface area contributed by atoms with Crippen LogP contribution in [0.25, 0.3) is 0 Å². The van der Waals surface area contributed by atoms with Gasteiger partial charge in [0.2, 0.25) is 0 Å². The SMILES string of the molecule is CCOCCC[Si](OCC)(OCC)OCC. The Kier molecular flexibility index (Phi) is 10.3. The summed E-state index contributed by atoms with van der Waals surface area (Å²) in [7, 11) is -2.43. The maximum atomic E-state index is 5.73. The second-order valence-electron chi connectivity index (χ2n) is 3.28. The topological polar surface area (TPSA) is 36.9 Å². The summed E-state index contributed by atoms with van der Waals surface area (Å²) in [6.07, 6.45) is 0.931. The van der Waals surface area contributed by atoms with Crippen LogP contribution >= 0.6 is 0 Å². The van der Waals surface area contributed by atoms with Gasteiger partial charge in [-0.1, -0.05) is 0 Å². The van der Waals surface area contributed by atoms with E-state index in [1.165, 1.54) is 0 Å². The van der Waals surface area contributed by atoms with Gasteiger partial charge < -0.3 is 18.0 Å². The zero-order valence-electron chi connectivity index (χ0n) is 11.1. The number of rotatable bonds is 11. The lowest BCUT2D eigenvalue weighted by molar-refractivity contribution is 0.0666. The summed E-state index contributed by atoms with van der Waals surface area (Å²) in [5, 5.41) is 0. The molecule has 0 bridgehead atoms. The van der Waals surface area contributed by atoms with Gasteiger partial charge in [0.05, 0.1) is 0 Å². The molecule has 16 heavy (non-hydrogen) atoms. The van der Waals surface area contributed by atoms with Crippen LogP contribution in [-0.4, -0.2) is 41.8 Å². The third-order valence-electron chi connectivity index (χ3n) is 2.07. The first kappa shape index (κ1) is 16.1. The smallest absolute Gasteiger partial charge is 0.382 e. The van der Waals surface area contributed by atoms with Crippen LogP contribution in [0.15, 0.2) is 0 Å². The van der Waals surface area contributed by atoms with Gasteiger partial charge in [-0.2, -0.15) is 0 Å². The van der Waals surface area contributed by atoms with Crippen LogP contribution in [-0.2, 0) is 18.0 Å². The van der Waals surface area contributed by atoms with Crippen LogP contribution in [0, 0.1) is 0 Å². The van der Waals surface area contributed by atoms with Gasteiger partial charge in [0.1, 0.15) is 0 Å². The predicted octanol–water partition coefficient (Wildman–Crippen LogP) is 2.46. The summed E-state index contributed by atoms with van der Waals surface area (Å²) >= 11 is 0. The lowest BCUT2D eigenvalue weighted by atomic mass is 10.5. The van der Waals surface area contributed by atoms with E-state index in [1.54, 1.807) is 0 Å². The molecule has 0 spiro atoms. The monoisotopic (exact) mass is 250 g/mol. The fourth-order valence-corrected chi connectivity index (χ4v) is 4.12. The molecule has 0 heterocycles. The molecule has 0 saturated heterocycles. The van der Waals surface area contributed by atoms with E-state index in [0.717, 1.165) is 25.7 Å². The fourth-order valence-electron chi connectivity index (χ4n) is 1.54. The molecule has 5 heteroatoms. The van der Waals surface area contributed by atoms with Crippen molar-refractivity contribution in [2.24, 2.45) is 0 Å². The average molecular weight is 250 g/mol. The van der Waals surface area contributed by atoms with Gasteiger partial charge in [-0.3, -0.25) is 0 Å².